The fourth-order valence-corrected chi connectivity index (χ4v) is 4.41. The Kier molecular flexibility index (Phi) is 6.71. The highest BCUT2D eigenvalue weighted by atomic mass is 79.9. The Labute approximate surface area is 210 Å². The molecule has 0 aliphatic carbocycles. The number of carbonyl (C=O) groups excluding carboxylic acids is 3. The topological polar surface area (TPSA) is 110 Å². The van der Waals surface area contributed by atoms with Crippen LogP contribution in [0.25, 0.3) is 6.08 Å². The number of benzene rings is 3. The predicted octanol–water partition coefficient (Wildman–Crippen LogP) is 5.38. The van der Waals surface area contributed by atoms with E-state index in [4.69, 9.17) is 0 Å². The molecule has 0 radical (unpaired) electrons. The van der Waals surface area contributed by atoms with Crippen LogP contribution in [0.2, 0.25) is 0 Å². The number of imide groups is 2. The molecule has 0 unspecified atom stereocenters. The summed E-state index contributed by atoms with van der Waals surface area (Å²) in [4.78, 5) is 49.0. The van der Waals surface area contributed by atoms with E-state index in [1.54, 1.807) is 12.1 Å². The van der Waals surface area contributed by atoms with Gasteiger partial charge in [-0.1, -0.05) is 68.3 Å². The van der Waals surface area contributed by atoms with Crippen LogP contribution in [0.4, 0.5) is 16.2 Å². The van der Waals surface area contributed by atoms with Gasteiger partial charge in [-0.25, -0.2) is 9.69 Å². The molecule has 0 atom stereocenters. The maximum Gasteiger partial charge on any atom is 0.335 e. The first-order valence-electron chi connectivity index (χ1n) is 9.92. The van der Waals surface area contributed by atoms with Gasteiger partial charge in [0.05, 0.1) is 10.6 Å². The lowest BCUT2D eigenvalue weighted by molar-refractivity contribution is -0.384. The van der Waals surface area contributed by atoms with Crippen LogP contribution in [0, 0.1) is 10.1 Å². The Morgan fingerprint density at radius 1 is 0.912 bits per heavy atom. The van der Waals surface area contributed by atoms with Crippen molar-refractivity contribution in [3.05, 3.63) is 108 Å². The molecule has 170 valence electrons. The number of amides is 4. The number of carbonyl (C=O) groups is 3. The van der Waals surface area contributed by atoms with Gasteiger partial charge in [0.15, 0.2) is 0 Å². The van der Waals surface area contributed by atoms with E-state index in [1.165, 1.54) is 24.3 Å². The third kappa shape index (κ3) is 4.82. The van der Waals surface area contributed by atoms with Crippen LogP contribution in [0.5, 0.6) is 0 Å². The van der Waals surface area contributed by atoms with Crippen LogP contribution < -0.4 is 10.2 Å². The lowest BCUT2D eigenvalue weighted by Crippen LogP contribution is -2.54. The van der Waals surface area contributed by atoms with E-state index in [1.807, 2.05) is 30.3 Å². The number of hydrogen-bond donors (Lipinski definition) is 1. The van der Waals surface area contributed by atoms with E-state index in [0.717, 1.165) is 26.1 Å². The number of nitrogens with one attached hydrogen (secondary N) is 1. The molecule has 8 nitrogen and oxygen atoms in total. The lowest BCUT2D eigenvalue weighted by Gasteiger charge is -2.26. The van der Waals surface area contributed by atoms with Gasteiger partial charge in [0.25, 0.3) is 17.5 Å². The molecule has 0 aromatic heterocycles. The summed E-state index contributed by atoms with van der Waals surface area (Å²) < 4.78 is 1.77. The van der Waals surface area contributed by atoms with Crippen LogP contribution >= 0.6 is 31.9 Å². The van der Waals surface area contributed by atoms with Crippen LogP contribution in [0.1, 0.15) is 16.7 Å². The van der Waals surface area contributed by atoms with Gasteiger partial charge in [0.2, 0.25) is 0 Å². The monoisotopic (exact) mass is 583 g/mol. The standard InChI is InChI=1S/C24H15Br2N3O5/c25-20-7-2-1-4-15(20)12-16-9-8-14(11-21(16)26)10-19-22(30)27-24(32)28(23(19)31)17-5-3-6-18(13-17)29(33)34/h1-11,13H,12H2,(H,27,30,32)/b19-10+. The zero-order chi connectivity index (χ0) is 24.4. The molecule has 1 saturated heterocycles. The third-order valence-corrected chi connectivity index (χ3v) is 6.64. The number of halogens is 2. The Hall–Kier alpha value is -3.63. The minimum Gasteiger partial charge on any atom is -0.273 e. The van der Waals surface area contributed by atoms with Crippen molar-refractivity contribution in [2.45, 2.75) is 6.42 Å². The number of nitrogens with zero attached hydrogens (tertiary/aromatic N) is 2. The van der Waals surface area contributed by atoms with Crippen LogP contribution in [-0.4, -0.2) is 22.8 Å². The predicted molar refractivity (Wildman–Crippen MR) is 133 cm³/mol. The zero-order valence-electron chi connectivity index (χ0n) is 17.3. The fourth-order valence-electron chi connectivity index (χ4n) is 3.45. The molecule has 1 N–H and O–H groups in total. The van der Waals surface area contributed by atoms with Crippen LogP contribution in [0.15, 0.2) is 81.2 Å². The number of anilines is 1. The summed E-state index contributed by atoms with van der Waals surface area (Å²) in [7, 11) is 0. The molecule has 1 aliphatic heterocycles. The van der Waals surface area contributed by atoms with Gasteiger partial charge in [-0.2, -0.15) is 0 Å². The summed E-state index contributed by atoms with van der Waals surface area (Å²) in [6.07, 6.45) is 2.04. The molecule has 34 heavy (non-hydrogen) atoms. The summed E-state index contributed by atoms with van der Waals surface area (Å²) in [5.74, 6) is -1.72. The van der Waals surface area contributed by atoms with Crippen molar-refractivity contribution in [3.8, 4) is 0 Å². The average molecular weight is 585 g/mol. The number of nitro groups is 1. The van der Waals surface area contributed by atoms with E-state index in [-0.39, 0.29) is 16.9 Å². The number of urea groups is 1. The molecule has 4 amide bonds. The zero-order valence-corrected chi connectivity index (χ0v) is 20.5. The SMILES string of the molecule is O=C1NC(=O)N(c2cccc([N+](=O)[O-])c2)C(=O)/C1=C/c1ccc(Cc2ccccc2Br)c(Br)c1. The molecule has 3 aromatic rings. The summed E-state index contributed by atoms with van der Waals surface area (Å²) in [6, 6.07) is 17.4. The van der Waals surface area contributed by atoms with Crippen LogP contribution in [0.3, 0.4) is 0 Å². The second-order valence-electron chi connectivity index (χ2n) is 7.35. The van der Waals surface area contributed by atoms with Crippen molar-refractivity contribution in [3.63, 3.8) is 0 Å². The van der Waals surface area contributed by atoms with E-state index in [9.17, 15) is 24.5 Å². The first-order chi connectivity index (χ1) is 16.2. The van der Waals surface area contributed by atoms with Gasteiger partial charge in [-0.3, -0.25) is 25.0 Å². The number of barbiturate groups is 1. The highest BCUT2D eigenvalue weighted by molar-refractivity contribution is 9.10. The van der Waals surface area contributed by atoms with E-state index < -0.39 is 22.8 Å². The van der Waals surface area contributed by atoms with Crippen molar-refractivity contribution >= 4 is 67.2 Å². The van der Waals surface area contributed by atoms with E-state index >= 15 is 0 Å². The Morgan fingerprint density at radius 3 is 2.35 bits per heavy atom. The molecular weight excluding hydrogens is 570 g/mol. The number of nitro benzene ring substituents is 1. The average Bonchev–Trinajstić information content (AvgIpc) is 2.80. The molecule has 1 aliphatic rings. The fraction of sp³-hybridized carbons (Fsp3) is 0.0417. The summed E-state index contributed by atoms with van der Waals surface area (Å²) in [6.45, 7) is 0. The second kappa shape index (κ2) is 9.70. The smallest absolute Gasteiger partial charge is 0.273 e. The Bertz CT molecular complexity index is 1390. The summed E-state index contributed by atoms with van der Waals surface area (Å²) >= 11 is 7.08. The maximum absolute atomic E-state index is 13.1. The molecular formula is C24H15Br2N3O5. The highest BCUT2D eigenvalue weighted by Gasteiger charge is 2.37. The highest BCUT2D eigenvalue weighted by Crippen LogP contribution is 2.28. The molecule has 1 fully saturated rings. The normalized spacial score (nSPS) is 14.9. The Balaban J connectivity index is 1.64. The molecule has 3 aromatic carbocycles. The molecule has 0 spiro atoms. The van der Waals surface area contributed by atoms with Gasteiger partial charge >= 0.3 is 6.03 Å². The van der Waals surface area contributed by atoms with E-state index in [2.05, 4.69) is 37.2 Å². The summed E-state index contributed by atoms with van der Waals surface area (Å²) in [5.41, 5.74) is 2.10. The van der Waals surface area contributed by atoms with Gasteiger partial charge in [0.1, 0.15) is 5.57 Å². The number of rotatable bonds is 5. The Morgan fingerprint density at radius 2 is 1.65 bits per heavy atom. The van der Waals surface area contributed by atoms with Gasteiger partial charge < -0.3 is 0 Å². The largest absolute Gasteiger partial charge is 0.335 e. The molecule has 1 heterocycles. The number of hydrogen-bond acceptors (Lipinski definition) is 5. The van der Waals surface area contributed by atoms with Crippen molar-refractivity contribution < 1.29 is 19.3 Å². The maximum atomic E-state index is 13.1. The van der Waals surface area contributed by atoms with Gasteiger partial charge in [0, 0.05) is 21.1 Å². The lowest BCUT2D eigenvalue weighted by atomic mass is 10.0. The van der Waals surface area contributed by atoms with Crippen molar-refractivity contribution in [1.29, 1.82) is 0 Å². The van der Waals surface area contributed by atoms with E-state index in [0.29, 0.717) is 16.9 Å². The van der Waals surface area contributed by atoms with Gasteiger partial charge in [-0.05, 0) is 47.4 Å². The minimum absolute atomic E-state index is 0.0138. The molecule has 0 saturated carbocycles. The first-order valence-corrected chi connectivity index (χ1v) is 11.5. The number of non-ortho nitro benzene ring substituents is 1. The molecule has 10 heteroatoms. The van der Waals surface area contributed by atoms with Crippen molar-refractivity contribution in [2.24, 2.45) is 0 Å². The van der Waals surface area contributed by atoms with Crippen molar-refractivity contribution in [2.75, 3.05) is 4.90 Å². The summed E-state index contributed by atoms with van der Waals surface area (Å²) in [5, 5.41) is 13.2. The van der Waals surface area contributed by atoms with Crippen molar-refractivity contribution in [1.82, 2.24) is 5.32 Å². The molecule has 0 bridgehead atoms. The van der Waals surface area contributed by atoms with Gasteiger partial charge in [-0.15, -0.1) is 0 Å². The second-order valence-corrected chi connectivity index (χ2v) is 9.06. The first kappa shape index (κ1) is 23.5. The van der Waals surface area contributed by atoms with Crippen LogP contribution in [-0.2, 0) is 16.0 Å². The minimum atomic E-state index is -0.974. The third-order valence-electron chi connectivity index (χ3n) is 5.13. The molecule has 4 rings (SSSR count). The quantitative estimate of drug-likeness (QED) is 0.187.